The maximum atomic E-state index is 11.8. The lowest BCUT2D eigenvalue weighted by molar-refractivity contribution is -0.142. The average Bonchev–Trinajstić information content (AvgIpc) is 2.94. The van der Waals surface area contributed by atoms with E-state index >= 15 is 0 Å². The molecule has 0 aliphatic rings. The van der Waals surface area contributed by atoms with Crippen LogP contribution in [0.25, 0.3) is 10.9 Å². The summed E-state index contributed by atoms with van der Waals surface area (Å²) in [5.41, 5.74) is 4.02. The van der Waals surface area contributed by atoms with Gasteiger partial charge in [-0.15, -0.1) is 0 Å². The van der Waals surface area contributed by atoms with E-state index in [-0.39, 0.29) is 12.4 Å². The standard InChI is InChI=1S/C19H21N3O2/c1-3-24-19(23)12-17-16-6-4-5-7-18(16)22(21-17)13-14-8-10-15(20-2)11-9-14/h4-11,20H,3,12-13H2,1-2H3. The summed E-state index contributed by atoms with van der Waals surface area (Å²) < 4.78 is 7.00. The van der Waals surface area contributed by atoms with E-state index < -0.39 is 0 Å². The number of carbonyl (C=O) groups is 1. The van der Waals surface area contributed by atoms with Crippen LogP contribution < -0.4 is 5.32 Å². The van der Waals surface area contributed by atoms with Gasteiger partial charge in [0.05, 0.1) is 30.8 Å². The quantitative estimate of drug-likeness (QED) is 0.708. The Labute approximate surface area is 141 Å². The minimum absolute atomic E-state index is 0.194. The number of para-hydroxylation sites is 1. The van der Waals surface area contributed by atoms with Crippen LogP contribution in [0.4, 0.5) is 5.69 Å². The van der Waals surface area contributed by atoms with Crippen molar-refractivity contribution in [3.8, 4) is 0 Å². The van der Waals surface area contributed by atoms with Gasteiger partial charge in [0.15, 0.2) is 0 Å². The van der Waals surface area contributed by atoms with Crippen LogP contribution in [0.1, 0.15) is 18.2 Å². The summed E-state index contributed by atoms with van der Waals surface area (Å²) in [4.78, 5) is 11.8. The molecule has 0 spiro atoms. The molecule has 3 aromatic rings. The number of esters is 1. The molecule has 0 unspecified atom stereocenters. The van der Waals surface area contributed by atoms with Gasteiger partial charge >= 0.3 is 5.97 Å². The zero-order valence-electron chi connectivity index (χ0n) is 14.0. The molecule has 3 rings (SSSR count). The molecule has 24 heavy (non-hydrogen) atoms. The van der Waals surface area contributed by atoms with Crippen LogP contribution in [0.5, 0.6) is 0 Å². The van der Waals surface area contributed by atoms with Gasteiger partial charge in [-0.1, -0.05) is 30.3 Å². The highest BCUT2D eigenvalue weighted by atomic mass is 16.5. The Balaban J connectivity index is 1.91. The first-order valence-corrected chi connectivity index (χ1v) is 8.08. The van der Waals surface area contributed by atoms with Crippen molar-refractivity contribution in [3.05, 3.63) is 59.8 Å². The maximum absolute atomic E-state index is 11.8. The summed E-state index contributed by atoms with van der Waals surface area (Å²) in [6.45, 7) is 2.85. The van der Waals surface area contributed by atoms with E-state index in [1.165, 1.54) is 0 Å². The van der Waals surface area contributed by atoms with Gasteiger partial charge in [0.2, 0.25) is 0 Å². The van der Waals surface area contributed by atoms with Gasteiger partial charge in [0, 0.05) is 18.1 Å². The van der Waals surface area contributed by atoms with Crippen LogP contribution in [0.15, 0.2) is 48.5 Å². The van der Waals surface area contributed by atoms with Crippen molar-refractivity contribution in [1.82, 2.24) is 9.78 Å². The Morgan fingerprint density at radius 2 is 1.92 bits per heavy atom. The largest absolute Gasteiger partial charge is 0.466 e. The molecule has 5 heteroatoms. The first-order valence-electron chi connectivity index (χ1n) is 8.08. The van der Waals surface area contributed by atoms with Crippen molar-refractivity contribution in [1.29, 1.82) is 0 Å². The Morgan fingerprint density at radius 3 is 2.62 bits per heavy atom. The fourth-order valence-corrected chi connectivity index (χ4v) is 2.75. The number of hydrogen-bond acceptors (Lipinski definition) is 4. The fraction of sp³-hybridized carbons (Fsp3) is 0.263. The van der Waals surface area contributed by atoms with Crippen molar-refractivity contribution in [3.63, 3.8) is 0 Å². The van der Waals surface area contributed by atoms with Gasteiger partial charge in [0.25, 0.3) is 0 Å². The summed E-state index contributed by atoms with van der Waals surface area (Å²) in [6, 6.07) is 16.2. The smallest absolute Gasteiger partial charge is 0.311 e. The highest BCUT2D eigenvalue weighted by Gasteiger charge is 2.14. The van der Waals surface area contributed by atoms with E-state index in [9.17, 15) is 4.79 Å². The van der Waals surface area contributed by atoms with Crippen molar-refractivity contribution >= 4 is 22.6 Å². The summed E-state index contributed by atoms with van der Waals surface area (Å²) in [7, 11) is 1.90. The molecule has 2 aromatic carbocycles. The fourth-order valence-electron chi connectivity index (χ4n) is 2.75. The molecule has 0 atom stereocenters. The van der Waals surface area contributed by atoms with E-state index in [2.05, 4.69) is 22.5 Å². The Morgan fingerprint density at radius 1 is 1.17 bits per heavy atom. The van der Waals surface area contributed by atoms with Crippen molar-refractivity contribution in [2.45, 2.75) is 19.9 Å². The molecular formula is C19H21N3O2. The summed E-state index contributed by atoms with van der Waals surface area (Å²) in [5.74, 6) is -0.244. The number of nitrogens with zero attached hydrogens (tertiary/aromatic N) is 2. The Bertz CT molecular complexity index is 837. The third-order valence-corrected chi connectivity index (χ3v) is 3.93. The van der Waals surface area contributed by atoms with E-state index in [1.54, 1.807) is 0 Å². The molecular weight excluding hydrogens is 302 g/mol. The number of anilines is 1. The highest BCUT2D eigenvalue weighted by molar-refractivity contribution is 5.86. The first-order chi connectivity index (χ1) is 11.7. The molecule has 1 aromatic heterocycles. The molecule has 1 N–H and O–H groups in total. The van der Waals surface area contributed by atoms with Gasteiger partial charge in [-0.2, -0.15) is 5.10 Å². The van der Waals surface area contributed by atoms with Crippen molar-refractivity contribution in [2.75, 3.05) is 19.0 Å². The number of benzene rings is 2. The molecule has 0 amide bonds. The van der Waals surface area contributed by atoms with Crippen LogP contribution in [-0.4, -0.2) is 29.4 Å². The zero-order chi connectivity index (χ0) is 16.9. The zero-order valence-corrected chi connectivity index (χ0v) is 14.0. The minimum Gasteiger partial charge on any atom is -0.466 e. The Kier molecular flexibility index (Phi) is 4.79. The number of fused-ring (bicyclic) bond motifs is 1. The molecule has 0 aliphatic carbocycles. The topological polar surface area (TPSA) is 56.1 Å². The van der Waals surface area contributed by atoms with E-state index in [4.69, 9.17) is 4.74 Å². The average molecular weight is 323 g/mol. The molecule has 0 aliphatic heterocycles. The third kappa shape index (κ3) is 3.40. The molecule has 0 bridgehead atoms. The van der Waals surface area contributed by atoms with Gasteiger partial charge in [-0.05, 0) is 30.7 Å². The number of nitrogens with one attached hydrogen (secondary N) is 1. The summed E-state index contributed by atoms with van der Waals surface area (Å²) in [5, 5.41) is 8.76. The molecule has 0 saturated heterocycles. The van der Waals surface area contributed by atoms with Crippen molar-refractivity contribution < 1.29 is 9.53 Å². The second kappa shape index (κ2) is 7.17. The van der Waals surface area contributed by atoms with Crippen LogP contribution in [0, 0.1) is 0 Å². The predicted octanol–water partition coefficient (Wildman–Crippen LogP) is 3.23. The minimum atomic E-state index is -0.244. The SMILES string of the molecule is CCOC(=O)Cc1nn(Cc2ccc(NC)cc2)c2ccccc12. The first kappa shape index (κ1) is 16.1. The number of rotatable bonds is 6. The molecule has 124 valence electrons. The van der Waals surface area contributed by atoms with E-state index in [0.717, 1.165) is 27.8 Å². The maximum Gasteiger partial charge on any atom is 0.311 e. The lowest BCUT2D eigenvalue weighted by Gasteiger charge is -2.05. The monoisotopic (exact) mass is 323 g/mol. The molecule has 0 radical (unpaired) electrons. The lowest BCUT2D eigenvalue weighted by atomic mass is 10.1. The number of carbonyl (C=O) groups excluding carboxylic acids is 1. The normalized spacial score (nSPS) is 10.8. The van der Waals surface area contributed by atoms with Gasteiger partial charge < -0.3 is 10.1 Å². The number of ether oxygens (including phenoxy) is 1. The predicted molar refractivity (Wildman–Crippen MR) is 95.2 cm³/mol. The van der Waals surface area contributed by atoms with Gasteiger partial charge in [-0.25, -0.2) is 0 Å². The molecule has 0 saturated carbocycles. The van der Waals surface area contributed by atoms with Crippen molar-refractivity contribution in [2.24, 2.45) is 0 Å². The van der Waals surface area contributed by atoms with Gasteiger partial charge in [0.1, 0.15) is 0 Å². The van der Waals surface area contributed by atoms with Crippen LogP contribution in [0.3, 0.4) is 0 Å². The number of aromatic nitrogens is 2. The second-order valence-electron chi connectivity index (χ2n) is 5.55. The lowest BCUT2D eigenvalue weighted by Crippen LogP contribution is -2.09. The summed E-state index contributed by atoms with van der Waals surface area (Å²) in [6.07, 6.45) is 0.194. The van der Waals surface area contributed by atoms with E-state index in [1.807, 2.05) is 55.1 Å². The molecule has 5 nitrogen and oxygen atoms in total. The van der Waals surface area contributed by atoms with Crippen LogP contribution in [0.2, 0.25) is 0 Å². The summed E-state index contributed by atoms with van der Waals surface area (Å²) >= 11 is 0. The third-order valence-electron chi connectivity index (χ3n) is 3.93. The number of hydrogen-bond donors (Lipinski definition) is 1. The molecule has 1 heterocycles. The van der Waals surface area contributed by atoms with Crippen LogP contribution >= 0.6 is 0 Å². The molecule has 0 fully saturated rings. The van der Waals surface area contributed by atoms with Gasteiger partial charge in [-0.3, -0.25) is 9.48 Å². The van der Waals surface area contributed by atoms with Crippen LogP contribution in [-0.2, 0) is 22.5 Å². The Hall–Kier alpha value is -2.82. The highest BCUT2D eigenvalue weighted by Crippen LogP contribution is 2.21. The second-order valence-corrected chi connectivity index (χ2v) is 5.55. The van der Waals surface area contributed by atoms with E-state index in [0.29, 0.717) is 13.2 Å².